The molecular formula is C19H29N3O2. The van der Waals surface area contributed by atoms with Gasteiger partial charge >= 0.3 is 0 Å². The molecule has 0 spiro atoms. The summed E-state index contributed by atoms with van der Waals surface area (Å²) in [6.07, 6.45) is 2.22. The number of rotatable bonds is 4. The second-order valence-corrected chi connectivity index (χ2v) is 7.01. The van der Waals surface area contributed by atoms with Crippen LogP contribution in [0.3, 0.4) is 0 Å². The zero-order chi connectivity index (χ0) is 16.9. The summed E-state index contributed by atoms with van der Waals surface area (Å²) in [5.41, 5.74) is 7.94. The fourth-order valence-corrected chi connectivity index (χ4v) is 3.80. The molecule has 2 saturated heterocycles. The molecule has 2 aliphatic rings. The third kappa shape index (κ3) is 3.97. The van der Waals surface area contributed by atoms with Crippen molar-refractivity contribution in [2.24, 2.45) is 11.7 Å². The second-order valence-electron chi connectivity index (χ2n) is 7.01. The van der Waals surface area contributed by atoms with Crippen LogP contribution in [0.15, 0.2) is 24.3 Å². The van der Waals surface area contributed by atoms with Crippen molar-refractivity contribution in [3.05, 3.63) is 35.4 Å². The molecule has 0 aliphatic carbocycles. The zero-order valence-electron chi connectivity index (χ0n) is 14.6. The van der Waals surface area contributed by atoms with E-state index in [-0.39, 0.29) is 11.9 Å². The van der Waals surface area contributed by atoms with Crippen molar-refractivity contribution in [2.45, 2.75) is 32.4 Å². The first-order valence-corrected chi connectivity index (χ1v) is 9.09. The van der Waals surface area contributed by atoms with Crippen molar-refractivity contribution in [1.82, 2.24) is 9.80 Å². The molecule has 0 saturated carbocycles. The summed E-state index contributed by atoms with van der Waals surface area (Å²) < 4.78 is 5.38. The van der Waals surface area contributed by atoms with E-state index < -0.39 is 0 Å². The molecule has 1 amide bonds. The molecule has 0 aromatic heterocycles. The quantitative estimate of drug-likeness (QED) is 0.913. The Morgan fingerprint density at radius 3 is 2.58 bits per heavy atom. The van der Waals surface area contributed by atoms with Crippen LogP contribution in [-0.4, -0.2) is 61.1 Å². The monoisotopic (exact) mass is 331 g/mol. The Bertz CT molecular complexity index is 540. The fraction of sp³-hybridized carbons (Fsp3) is 0.632. The maximum Gasteiger partial charge on any atom is 0.254 e. The molecule has 5 nitrogen and oxygen atoms in total. The minimum absolute atomic E-state index is 0.120. The molecule has 0 unspecified atom stereocenters. The van der Waals surface area contributed by atoms with E-state index in [4.69, 9.17) is 10.5 Å². The molecule has 5 heteroatoms. The number of carbonyl (C=O) groups is 1. The van der Waals surface area contributed by atoms with Crippen LogP contribution in [0, 0.1) is 5.92 Å². The molecule has 0 bridgehead atoms. The van der Waals surface area contributed by atoms with Gasteiger partial charge in [-0.15, -0.1) is 0 Å². The first-order chi connectivity index (χ1) is 11.7. The van der Waals surface area contributed by atoms with Gasteiger partial charge in [-0.05, 0) is 36.5 Å². The summed E-state index contributed by atoms with van der Waals surface area (Å²) >= 11 is 0. The van der Waals surface area contributed by atoms with Gasteiger partial charge in [-0.3, -0.25) is 9.69 Å². The largest absolute Gasteiger partial charge is 0.379 e. The molecule has 2 atom stereocenters. The average molecular weight is 331 g/mol. The predicted octanol–water partition coefficient (Wildman–Crippen LogP) is 1.72. The van der Waals surface area contributed by atoms with Gasteiger partial charge in [0.2, 0.25) is 0 Å². The lowest BCUT2D eigenvalue weighted by Gasteiger charge is -2.39. The Kier molecular flexibility index (Phi) is 5.87. The van der Waals surface area contributed by atoms with Crippen LogP contribution >= 0.6 is 0 Å². The van der Waals surface area contributed by atoms with E-state index in [1.807, 2.05) is 17.0 Å². The second kappa shape index (κ2) is 8.10. The van der Waals surface area contributed by atoms with Crippen molar-refractivity contribution in [3.63, 3.8) is 0 Å². The summed E-state index contributed by atoms with van der Waals surface area (Å²) in [6, 6.07) is 8.25. The molecule has 24 heavy (non-hydrogen) atoms. The molecule has 1 aromatic carbocycles. The summed E-state index contributed by atoms with van der Waals surface area (Å²) in [6.45, 7) is 8.05. The van der Waals surface area contributed by atoms with Gasteiger partial charge in [0.25, 0.3) is 5.91 Å². The lowest BCUT2D eigenvalue weighted by molar-refractivity contribution is 0.0342. The van der Waals surface area contributed by atoms with Gasteiger partial charge in [-0.2, -0.15) is 0 Å². The molecule has 2 fully saturated rings. The normalized spacial score (nSPS) is 25.7. The SMILES string of the molecule is C[C@@H]1CCCN(C(=O)c2ccc(CN3CCOCC3)cc2)[C@@H]1CN. The number of likely N-dealkylation sites (tertiary alicyclic amines) is 1. The molecule has 2 heterocycles. The molecule has 0 radical (unpaired) electrons. The minimum atomic E-state index is 0.120. The lowest BCUT2D eigenvalue weighted by Crippen LogP contribution is -2.51. The van der Waals surface area contributed by atoms with E-state index in [0.29, 0.717) is 12.5 Å². The molecule has 2 aliphatic heterocycles. The van der Waals surface area contributed by atoms with Gasteiger partial charge in [0.05, 0.1) is 13.2 Å². The maximum absolute atomic E-state index is 12.9. The Morgan fingerprint density at radius 2 is 1.92 bits per heavy atom. The molecule has 1 aromatic rings. The number of hydrogen-bond acceptors (Lipinski definition) is 4. The van der Waals surface area contributed by atoms with E-state index in [2.05, 4.69) is 24.0 Å². The highest BCUT2D eigenvalue weighted by atomic mass is 16.5. The lowest BCUT2D eigenvalue weighted by atomic mass is 9.90. The van der Waals surface area contributed by atoms with Gasteiger partial charge in [0, 0.05) is 44.3 Å². The topological polar surface area (TPSA) is 58.8 Å². The predicted molar refractivity (Wildman–Crippen MR) is 94.8 cm³/mol. The van der Waals surface area contributed by atoms with Crippen molar-refractivity contribution >= 4 is 5.91 Å². The number of nitrogens with zero attached hydrogens (tertiary/aromatic N) is 2. The standard InChI is InChI=1S/C19H29N3O2/c1-15-3-2-8-22(18(15)13-20)19(23)17-6-4-16(5-7-17)14-21-9-11-24-12-10-21/h4-7,15,18H,2-3,8-14,20H2,1H3/t15-,18-/m1/s1. The van der Waals surface area contributed by atoms with Crippen molar-refractivity contribution in [3.8, 4) is 0 Å². The van der Waals surface area contributed by atoms with Crippen molar-refractivity contribution < 1.29 is 9.53 Å². The smallest absolute Gasteiger partial charge is 0.254 e. The third-order valence-corrected chi connectivity index (χ3v) is 5.33. The van der Waals surface area contributed by atoms with E-state index in [0.717, 1.165) is 57.8 Å². The number of nitrogens with two attached hydrogens (primary N) is 1. The summed E-state index contributed by atoms with van der Waals surface area (Å²) in [4.78, 5) is 17.2. The van der Waals surface area contributed by atoms with Gasteiger partial charge in [-0.1, -0.05) is 19.1 Å². The highest BCUT2D eigenvalue weighted by molar-refractivity contribution is 5.94. The van der Waals surface area contributed by atoms with Crippen molar-refractivity contribution in [2.75, 3.05) is 39.4 Å². The van der Waals surface area contributed by atoms with Crippen molar-refractivity contribution in [1.29, 1.82) is 0 Å². The Morgan fingerprint density at radius 1 is 1.21 bits per heavy atom. The van der Waals surface area contributed by atoms with Crippen LogP contribution in [0.25, 0.3) is 0 Å². The van der Waals surface area contributed by atoms with E-state index in [1.54, 1.807) is 0 Å². The Hall–Kier alpha value is -1.43. The van der Waals surface area contributed by atoms with Gasteiger partial charge in [0.1, 0.15) is 0 Å². The number of morpholine rings is 1. The minimum Gasteiger partial charge on any atom is -0.379 e. The zero-order valence-corrected chi connectivity index (χ0v) is 14.6. The Labute approximate surface area is 144 Å². The number of piperidine rings is 1. The van der Waals surface area contributed by atoms with Gasteiger partial charge in [0.15, 0.2) is 0 Å². The number of amides is 1. The van der Waals surface area contributed by atoms with E-state index in [1.165, 1.54) is 5.56 Å². The third-order valence-electron chi connectivity index (χ3n) is 5.33. The fourth-order valence-electron chi connectivity index (χ4n) is 3.80. The highest BCUT2D eigenvalue weighted by Gasteiger charge is 2.31. The first-order valence-electron chi connectivity index (χ1n) is 9.09. The van der Waals surface area contributed by atoms with Gasteiger partial charge < -0.3 is 15.4 Å². The van der Waals surface area contributed by atoms with Gasteiger partial charge in [-0.25, -0.2) is 0 Å². The molecule has 2 N–H and O–H groups in total. The number of benzene rings is 1. The maximum atomic E-state index is 12.9. The number of ether oxygens (including phenoxy) is 1. The number of carbonyl (C=O) groups excluding carboxylic acids is 1. The van der Waals surface area contributed by atoms with E-state index in [9.17, 15) is 4.79 Å². The Balaban J connectivity index is 1.64. The first kappa shape index (κ1) is 17.4. The molecule has 132 valence electrons. The van der Waals surface area contributed by atoms with E-state index >= 15 is 0 Å². The van der Waals surface area contributed by atoms with Crippen LogP contribution in [0.1, 0.15) is 35.7 Å². The summed E-state index contributed by atoms with van der Waals surface area (Å²) in [5, 5.41) is 0. The van der Waals surface area contributed by atoms with Crippen LogP contribution in [0.2, 0.25) is 0 Å². The molecular weight excluding hydrogens is 302 g/mol. The van der Waals surface area contributed by atoms with Crippen LogP contribution < -0.4 is 5.73 Å². The summed E-state index contributed by atoms with van der Waals surface area (Å²) in [7, 11) is 0. The number of hydrogen-bond donors (Lipinski definition) is 1. The van der Waals surface area contributed by atoms with Crippen LogP contribution in [0.4, 0.5) is 0 Å². The average Bonchev–Trinajstić information content (AvgIpc) is 2.62. The van der Waals surface area contributed by atoms with Crippen LogP contribution in [-0.2, 0) is 11.3 Å². The molecule has 3 rings (SSSR count). The van der Waals surface area contributed by atoms with Crippen LogP contribution in [0.5, 0.6) is 0 Å². The highest BCUT2D eigenvalue weighted by Crippen LogP contribution is 2.24. The summed E-state index contributed by atoms with van der Waals surface area (Å²) in [5.74, 6) is 0.600.